The number of non-ortho nitro benzene ring substituents is 1. The van der Waals surface area contributed by atoms with Gasteiger partial charge in [-0.1, -0.05) is 36.4 Å². The quantitative estimate of drug-likeness (QED) is 0.281. The monoisotopic (exact) mass is 412 g/mol. The predicted molar refractivity (Wildman–Crippen MR) is 120 cm³/mol. The lowest BCUT2D eigenvalue weighted by Crippen LogP contribution is -2.46. The van der Waals surface area contributed by atoms with Crippen LogP contribution in [0.5, 0.6) is 0 Å². The molecule has 6 rings (SSSR count). The van der Waals surface area contributed by atoms with Crippen molar-refractivity contribution in [2.24, 2.45) is 11.8 Å². The molecule has 0 spiro atoms. The van der Waals surface area contributed by atoms with Crippen LogP contribution in [-0.4, -0.2) is 17.3 Å². The second-order valence-corrected chi connectivity index (χ2v) is 9.31. The van der Waals surface area contributed by atoms with Gasteiger partial charge in [-0.25, -0.2) is 0 Å². The maximum Gasteiger partial charge on any atom is 0.269 e. The van der Waals surface area contributed by atoms with Crippen molar-refractivity contribution in [3.63, 3.8) is 0 Å². The number of rotatable bonds is 3. The van der Waals surface area contributed by atoms with Gasteiger partial charge >= 0.3 is 0 Å². The molecule has 0 saturated carbocycles. The molecule has 2 aromatic carbocycles. The third-order valence-corrected chi connectivity index (χ3v) is 7.68. The number of nitrogens with zero attached hydrogens (tertiary/aromatic N) is 2. The van der Waals surface area contributed by atoms with Gasteiger partial charge in [-0.05, 0) is 60.4 Å². The summed E-state index contributed by atoms with van der Waals surface area (Å²) in [7, 11) is 0. The zero-order valence-corrected chi connectivity index (χ0v) is 17.4. The highest BCUT2D eigenvalue weighted by Gasteiger charge is 2.48. The summed E-state index contributed by atoms with van der Waals surface area (Å²) in [6.45, 7) is 2.58. The summed E-state index contributed by atoms with van der Waals surface area (Å²) in [6, 6.07) is 11.5. The number of fused-ring (bicyclic) bond motifs is 4. The molecule has 5 heteroatoms. The number of hydrogen-bond acceptors (Lipinski definition) is 4. The van der Waals surface area contributed by atoms with E-state index in [4.69, 9.17) is 0 Å². The van der Waals surface area contributed by atoms with Gasteiger partial charge in [0.05, 0.1) is 11.0 Å². The highest BCUT2D eigenvalue weighted by molar-refractivity contribution is 5.96. The number of Topliss-reactive ketones (excluding diaryl/α,β-unsaturated/α-hetero) is 1. The Bertz CT molecular complexity index is 1160. The molecule has 0 radical (unpaired) electrons. The third-order valence-electron chi connectivity index (χ3n) is 7.68. The molecule has 156 valence electrons. The molecule has 0 unspecified atom stereocenters. The molecule has 2 aliphatic carbocycles. The van der Waals surface area contributed by atoms with E-state index in [0.717, 1.165) is 30.5 Å². The number of carbonyl (C=O) groups excluding carboxylic acids is 1. The molecular weight excluding hydrogens is 388 g/mol. The summed E-state index contributed by atoms with van der Waals surface area (Å²) in [5, 5.41) is 11.5. The van der Waals surface area contributed by atoms with Crippen molar-refractivity contribution in [3.8, 4) is 0 Å². The average Bonchev–Trinajstić information content (AvgIpc) is 3.43. The molecule has 0 bridgehead atoms. The Morgan fingerprint density at radius 3 is 2.58 bits per heavy atom. The Morgan fingerprint density at radius 1 is 1.06 bits per heavy atom. The largest absolute Gasteiger partial charge is 0.363 e. The van der Waals surface area contributed by atoms with E-state index < -0.39 is 0 Å². The number of anilines is 1. The summed E-state index contributed by atoms with van der Waals surface area (Å²) >= 11 is 0. The molecule has 5 atom stereocenters. The third kappa shape index (κ3) is 2.65. The number of carbonyl (C=O) groups is 1. The van der Waals surface area contributed by atoms with E-state index in [1.807, 2.05) is 12.1 Å². The van der Waals surface area contributed by atoms with Crippen LogP contribution < -0.4 is 4.90 Å². The van der Waals surface area contributed by atoms with E-state index >= 15 is 0 Å². The minimum absolute atomic E-state index is 0.0934. The fourth-order valence-corrected chi connectivity index (χ4v) is 6.38. The Morgan fingerprint density at radius 2 is 1.81 bits per heavy atom. The van der Waals surface area contributed by atoms with Crippen LogP contribution in [0.15, 0.2) is 60.7 Å². The van der Waals surface area contributed by atoms with Crippen LogP contribution in [0.25, 0.3) is 0 Å². The minimum atomic E-state index is -0.303. The van der Waals surface area contributed by atoms with E-state index in [0.29, 0.717) is 17.8 Å². The first-order valence-corrected chi connectivity index (χ1v) is 11.1. The van der Waals surface area contributed by atoms with E-state index in [-0.39, 0.29) is 28.4 Å². The van der Waals surface area contributed by atoms with Crippen LogP contribution in [0.3, 0.4) is 0 Å². The van der Waals surface area contributed by atoms with Crippen molar-refractivity contribution < 1.29 is 9.72 Å². The van der Waals surface area contributed by atoms with E-state index in [2.05, 4.69) is 41.3 Å². The molecule has 2 aliphatic heterocycles. The van der Waals surface area contributed by atoms with Crippen LogP contribution in [0.2, 0.25) is 0 Å². The minimum Gasteiger partial charge on any atom is -0.363 e. The van der Waals surface area contributed by atoms with Gasteiger partial charge in [-0.3, -0.25) is 14.9 Å². The summed E-state index contributed by atoms with van der Waals surface area (Å²) in [5.74, 6) is 1.48. The summed E-state index contributed by atoms with van der Waals surface area (Å²) in [6.07, 6.45) is 11.1. The zero-order valence-electron chi connectivity index (χ0n) is 17.4. The normalized spacial score (nSPS) is 29.5. The smallest absolute Gasteiger partial charge is 0.269 e. The molecular formula is C26H24N2O3. The zero-order chi connectivity index (χ0) is 21.3. The van der Waals surface area contributed by atoms with Gasteiger partial charge in [0.1, 0.15) is 0 Å². The SMILES string of the molecule is CC(=O)c1cc2c3c(c1)[C@H]1C=CC[C@H]1[C@H](c1cccc([N+](=O)[O-])c1)N3C[C@H]1CC=C[C@H]21. The van der Waals surface area contributed by atoms with Gasteiger partial charge in [0.15, 0.2) is 5.78 Å². The van der Waals surface area contributed by atoms with Crippen molar-refractivity contribution in [1.29, 1.82) is 0 Å². The van der Waals surface area contributed by atoms with Crippen LogP contribution in [0.4, 0.5) is 11.4 Å². The molecule has 0 aromatic heterocycles. The molecule has 31 heavy (non-hydrogen) atoms. The second kappa shape index (κ2) is 6.64. The molecule has 0 saturated heterocycles. The van der Waals surface area contributed by atoms with Crippen molar-refractivity contribution in [1.82, 2.24) is 0 Å². The maximum absolute atomic E-state index is 12.4. The van der Waals surface area contributed by atoms with Crippen molar-refractivity contribution in [2.45, 2.75) is 37.6 Å². The van der Waals surface area contributed by atoms with Crippen LogP contribution >= 0.6 is 0 Å². The standard InChI is InChI=1S/C26H24N2O3/c1-15(29)18-12-23-20-8-3-6-17(20)14-27-25(16-5-2-7-19(11-16)28(30)31)22-10-4-9-21(22)24(13-18)26(23)27/h2-5,7-9,11-13,17,20-22,25H,6,10,14H2,1H3/t17-,20+,21+,22-,25+/m1/s1. The van der Waals surface area contributed by atoms with Gasteiger partial charge in [-0.15, -0.1) is 0 Å². The lowest BCUT2D eigenvalue weighted by Gasteiger charge is -2.51. The number of ketones is 1. The number of allylic oxidation sites excluding steroid dienone is 4. The second-order valence-electron chi connectivity index (χ2n) is 9.31. The number of nitro groups is 1. The van der Waals surface area contributed by atoms with Crippen LogP contribution in [0, 0.1) is 22.0 Å². The summed E-state index contributed by atoms with van der Waals surface area (Å²) in [4.78, 5) is 26.0. The molecule has 2 heterocycles. The first-order valence-electron chi connectivity index (χ1n) is 11.1. The van der Waals surface area contributed by atoms with Gasteiger partial charge in [0.2, 0.25) is 0 Å². The van der Waals surface area contributed by atoms with E-state index in [1.165, 1.54) is 16.8 Å². The fourth-order valence-electron chi connectivity index (χ4n) is 6.38. The first-order chi connectivity index (χ1) is 15.0. The van der Waals surface area contributed by atoms with Gasteiger partial charge in [-0.2, -0.15) is 0 Å². The predicted octanol–water partition coefficient (Wildman–Crippen LogP) is 5.69. The van der Waals surface area contributed by atoms with Crippen molar-refractivity contribution in [2.75, 3.05) is 11.4 Å². The average molecular weight is 412 g/mol. The maximum atomic E-state index is 12.4. The fraction of sp³-hybridized carbons (Fsp3) is 0.346. The lowest BCUT2D eigenvalue weighted by molar-refractivity contribution is -0.384. The highest BCUT2D eigenvalue weighted by atomic mass is 16.6. The first kappa shape index (κ1) is 18.6. The Balaban J connectivity index is 1.58. The lowest BCUT2D eigenvalue weighted by atomic mass is 9.70. The Hall–Kier alpha value is -3.21. The Kier molecular flexibility index (Phi) is 3.98. The van der Waals surface area contributed by atoms with Crippen LogP contribution in [-0.2, 0) is 0 Å². The van der Waals surface area contributed by atoms with E-state index in [1.54, 1.807) is 19.1 Å². The summed E-state index contributed by atoms with van der Waals surface area (Å²) in [5.41, 5.74) is 5.72. The topological polar surface area (TPSA) is 63.4 Å². The number of hydrogen-bond donors (Lipinski definition) is 0. The molecule has 2 aromatic rings. The molecule has 0 fully saturated rings. The highest BCUT2D eigenvalue weighted by Crippen LogP contribution is 2.59. The van der Waals surface area contributed by atoms with Gasteiger partial charge < -0.3 is 4.90 Å². The Labute approximate surface area is 181 Å². The summed E-state index contributed by atoms with van der Waals surface area (Å²) < 4.78 is 0. The van der Waals surface area contributed by atoms with Crippen molar-refractivity contribution in [3.05, 3.63) is 93.1 Å². The van der Waals surface area contributed by atoms with Crippen molar-refractivity contribution >= 4 is 17.2 Å². The molecule has 5 nitrogen and oxygen atoms in total. The molecule has 4 aliphatic rings. The molecule has 0 amide bonds. The molecule has 0 N–H and O–H groups in total. The van der Waals surface area contributed by atoms with Crippen LogP contribution in [0.1, 0.15) is 64.7 Å². The van der Waals surface area contributed by atoms with Gasteiger partial charge in [0.25, 0.3) is 5.69 Å². The van der Waals surface area contributed by atoms with E-state index in [9.17, 15) is 14.9 Å². The number of benzene rings is 2. The van der Waals surface area contributed by atoms with Gasteiger partial charge in [0, 0.05) is 41.8 Å². The number of nitro benzene ring substituents is 1.